The van der Waals surface area contributed by atoms with Gasteiger partial charge in [-0.1, -0.05) is 0 Å². The number of hydrazine groups is 1. The van der Waals surface area contributed by atoms with E-state index in [1.165, 1.54) is 0 Å². The average Bonchev–Trinajstić information content (AvgIpc) is 1.85. The first-order valence-corrected chi connectivity index (χ1v) is 3.96. The van der Waals surface area contributed by atoms with E-state index in [1.54, 1.807) is 0 Å². The first-order chi connectivity index (χ1) is 5.11. The van der Waals surface area contributed by atoms with Crippen LogP contribution in [0.15, 0.2) is 0 Å². The highest BCUT2D eigenvalue weighted by Gasteiger charge is 2.17. The molecular weight excluding hydrogens is 180 g/mol. The second-order valence-corrected chi connectivity index (χ2v) is 3.14. The van der Waals surface area contributed by atoms with Crippen LogP contribution in [-0.2, 0) is 0 Å². The molecule has 0 saturated carbocycles. The fourth-order valence-electron chi connectivity index (χ4n) is 0.747. The van der Waals surface area contributed by atoms with Crippen molar-refractivity contribution in [1.29, 1.82) is 0 Å². The molecule has 0 spiro atoms. The zero-order valence-electron chi connectivity index (χ0n) is 6.42. The zero-order valence-corrected chi connectivity index (χ0v) is 8.05. The molecule has 0 aromatic rings. The lowest BCUT2D eigenvalue weighted by molar-refractivity contribution is 0.102. The van der Waals surface area contributed by atoms with Crippen molar-refractivity contribution < 1.29 is 0 Å². The molecule has 1 aliphatic rings. The topological polar surface area (TPSA) is 30.5 Å². The monoisotopic (exact) mass is 190 g/mol. The molecule has 6 heteroatoms. The summed E-state index contributed by atoms with van der Waals surface area (Å²) in [6.45, 7) is 0.637. The van der Waals surface area contributed by atoms with Gasteiger partial charge < -0.3 is 10.6 Å². The number of hydrogen-bond donors (Lipinski definition) is 2. The van der Waals surface area contributed by atoms with Crippen LogP contribution in [0.25, 0.3) is 0 Å². The maximum Gasteiger partial charge on any atom is 0.191 e. The molecule has 62 valence electrons. The highest BCUT2D eigenvalue weighted by molar-refractivity contribution is 7.81. The normalized spacial score (nSPS) is 18.3. The molecule has 0 unspecified atom stereocenters. The third-order valence-corrected chi connectivity index (χ3v) is 1.89. The van der Waals surface area contributed by atoms with Gasteiger partial charge in [-0.2, -0.15) is 0 Å². The second-order valence-electron chi connectivity index (χ2n) is 2.34. The molecule has 0 aromatic carbocycles. The summed E-state index contributed by atoms with van der Waals surface area (Å²) >= 11 is 9.89. The van der Waals surface area contributed by atoms with Crippen LogP contribution in [0.5, 0.6) is 0 Å². The summed E-state index contributed by atoms with van der Waals surface area (Å²) in [5.41, 5.74) is 0. The van der Waals surface area contributed by atoms with E-state index in [2.05, 4.69) is 10.6 Å². The van der Waals surface area contributed by atoms with Crippen molar-refractivity contribution in [3.05, 3.63) is 0 Å². The lowest BCUT2D eigenvalue weighted by atomic mass is 10.7. The van der Waals surface area contributed by atoms with Crippen LogP contribution in [0.1, 0.15) is 0 Å². The predicted molar refractivity (Wildman–Crippen MR) is 51.9 cm³/mol. The molecular formula is C5H10N4S2. The van der Waals surface area contributed by atoms with Crippen LogP contribution < -0.4 is 10.6 Å². The lowest BCUT2D eigenvalue weighted by Crippen LogP contribution is -2.60. The van der Waals surface area contributed by atoms with Crippen molar-refractivity contribution in [2.24, 2.45) is 0 Å². The lowest BCUT2D eigenvalue weighted by Gasteiger charge is -2.35. The molecule has 4 nitrogen and oxygen atoms in total. The molecule has 0 aliphatic carbocycles. The summed E-state index contributed by atoms with van der Waals surface area (Å²) in [7, 11) is 3.84. The molecule has 11 heavy (non-hydrogen) atoms. The van der Waals surface area contributed by atoms with E-state index in [9.17, 15) is 0 Å². The van der Waals surface area contributed by atoms with Gasteiger partial charge in [-0.25, -0.2) is 5.01 Å². The maximum absolute atomic E-state index is 5.03. The quantitative estimate of drug-likeness (QED) is 0.541. The zero-order chi connectivity index (χ0) is 8.43. The number of hydrogen-bond acceptors (Lipinski definition) is 3. The average molecular weight is 190 g/mol. The van der Waals surface area contributed by atoms with E-state index in [1.807, 2.05) is 24.1 Å². The van der Waals surface area contributed by atoms with E-state index in [4.69, 9.17) is 24.4 Å². The number of rotatable bonds is 1. The summed E-state index contributed by atoms with van der Waals surface area (Å²) in [5.74, 6) is 0. The first kappa shape index (κ1) is 8.63. The largest absolute Gasteiger partial charge is 0.344 e. The van der Waals surface area contributed by atoms with E-state index in [0.29, 0.717) is 16.9 Å². The molecule has 0 amide bonds. The maximum atomic E-state index is 5.03. The molecule has 0 radical (unpaired) electrons. The van der Waals surface area contributed by atoms with Gasteiger partial charge in [-0.3, -0.25) is 5.01 Å². The molecule has 0 bridgehead atoms. The molecule has 1 fully saturated rings. The van der Waals surface area contributed by atoms with Gasteiger partial charge in [0, 0.05) is 14.1 Å². The van der Waals surface area contributed by atoms with Crippen LogP contribution in [0, 0.1) is 0 Å². The predicted octanol–water partition coefficient (Wildman–Crippen LogP) is -0.515. The highest BCUT2D eigenvalue weighted by Crippen LogP contribution is 1.95. The van der Waals surface area contributed by atoms with Gasteiger partial charge >= 0.3 is 0 Å². The SMILES string of the molecule is CN(C)N1CNC(=S)NC1=S. The van der Waals surface area contributed by atoms with E-state index in [0.717, 1.165) is 0 Å². The standard InChI is InChI=1S/C5H10N4S2/c1-8(2)9-3-6-4(10)7-5(9)11/h3H2,1-2H3,(H2,6,7,10,11). The minimum Gasteiger partial charge on any atom is -0.344 e. The Bertz CT molecular complexity index is 191. The molecule has 2 N–H and O–H groups in total. The van der Waals surface area contributed by atoms with E-state index < -0.39 is 0 Å². The van der Waals surface area contributed by atoms with Gasteiger partial charge in [0.1, 0.15) is 6.67 Å². The highest BCUT2D eigenvalue weighted by atomic mass is 32.1. The fourth-order valence-corrected chi connectivity index (χ4v) is 1.30. The molecule has 1 rings (SSSR count). The van der Waals surface area contributed by atoms with Crippen LogP contribution in [0.3, 0.4) is 0 Å². The Labute approximate surface area is 76.5 Å². The van der Waals surface area contributed by atoms with Gasteiger partial charge in [0.05, 0.1) is 0 Å². The van der Waals surface area contributed by atoms with Gasteiger partial charge in [-0.05, 0) is 24.4 Å². The molecule has 0 aromatic heterocycles. The van der Waals surface area contributed by atoms with E-state index in [-0.39, 0.29) is 0 Å². The molecule has 0 atom stereocenters. The Balaban J connectivity index is 2.57. The summed E-state index contributed by atoms with van der Waals surface area (Å²) in [5, 5.41) is 10.8. The first-order valence-electron chi connectivity index (χ1n) is 3.15. The van der Waals surface area contributed by atoms with Crippen LogP contribution >= 0.6 is 24.4 Å². The number of nitrogens with one attached hydrogen (secondary N) is 2. The number of nitrogens with zero attached hydrogens (tertiary/aromatic N) is 2. The minimum absolute atomic E-state index is 0.591. The molecule has 1 heterocycles. The smallest absolute Gasteiger partial charge is 0.191 e. The van der Waals surface area contributed by atoms with E-state index >= 15 is 0 Å². The Morgan fingerprint density at radius 2 is 2.09 bits per heavy atom. The van der Waals surface area contributed by atoms with Crippen molar-refractivity contribution >= 4 is 34.7 Å². The third-order valence-electron chi connectivity index (χ3n) is 1.33. The molecule has 1 saturated heterocycles. The Morgan fingerprint density at radius 1 is 1.45 bits per heavy atom. The van der Waals surface area contributed by atoms with Gasteiger partial charge in [0.2, 0.25) is 0 Å². The van der Waals surface area contributed by atoms with Crippen molar-refractivity contribution in [3.63, 3.8) is 0 Å². The summed E-state index contributed by atoms with van der Waals surface area (Å²) in [6, 6.07) is 0. The third kappa shape index (κ3) is 1.98. The minimum atomic E-state index is 0.591. The van der Waals surface area contributed by atoms with Crippen molar-refractivity contribution in [3.8, 4) is 0 Å². The van der Waals surface area contributed by atoms with Gasteiger partial charge in [0.15, 0.2) is 10.2 Å². The molecule has 1 aliphatic heterocycles. The summed E-state index contributed by atoms with van der Waals surface area (Å²) < 4.78 is 0. The Hall–Kier alpha value is -0.460. The Morgan fingerprint density at radius 3 is 2.55 bits per heavy atom. The van der Waals surface area contributed by atoms with Crippen molar-refractivity contribution in [2.75, 3.05) is 20.8 Å². The summed E-state index contributed by atoms with van der Waals surface area (Å²) in [4.78, 5) is 0. The van der Waals surface area contributed by atoms with Crippen molar-refractivity contribution in [2.45, 2.75) is 0 Å². The van der Waals surface area contributed by atoms with Gasteiger partial charge in [-0.15, -0.1) is 0 Å². The van der Waals surface area contributed by atoms with Crippen molar-refractivity contribution in [1.82, 2.24) is 20.7 Å². The van der Waals surface area contributed by atoms with Crippen LogP contribution in [-0.4, -0.2) is 41.0 Å². The fraction of sp³-hybridized carbons (Fsp3) is 0.600. The van der Waals surface area contributed by atoms with Gasteiger partial charge in [0.25, 0.3) is 0 Å². The second kappa shape index (κ2) is 3.29. The van der Waals surface area contributed by atoms with Crippen LogP contribution in [0.4, 0.5) is 0 Å². The number of thiocarbonyl (C=S) groups is 2. The Kier molecular flexibility index (Phi) is 2.58. The summed E-state index contributed by atoms with van der Waals surface area (Å²) in [6.07, 6.45) is 0. The van der Waals surface area contributed by atoms with Crippen LogP contribution in [0.2, 0.25) is 0 Å².